The van der Waals surface area contributed by atoms with E-state index >= 15 is 0 Å². The van der Waals surface area contributed by atoms with E-state index in [2.05, 4.69) is 10.2 Å². The van der Waals surface area contributed by atoms with Gasteiger partial charge in [0.1, 0.15) is 12.4 Å². The lowest BCUT2D eigenvalue weighted by Crippen LogP contribution is -2.36. The van der Waals surface area contributed by atoms with Gasteiger partial charge in [-0.1, -0.05) is 30.3 Å². The Balaban J connectivity index is 1.50. The number of anilines is 3. The number of non-ortho nitro benzene ring substituents is 1. The summed E-state index contributed by atoms with van der Waals surface area (Å²) in [6.45, 7) is 2.94. The summed E-state index contributed by atoms with van der Waals surface area (Å²) in [5.74, 6) is -0.0989. The van der Waals surface area contributed by atoms with E-state index in [1.54, 1.807) is 13.2 Å². The molecule has 0 radical (unpaired) electrons. The standard InChI is InChI=1S/C30H28N4O7/c1-39-23-9-6-20(7-10-23)19-41-29-18-22(33-12-14-40-15-13-33)17-28(32-29)24-4-2-3-5-26(24)31-27-11-8-21(34(37)38)16-25(27)30(35)36/h2-11,16-18,31H,12-15,19H2,1H3,(H,35,36). The molecular weight excluding hydrogens is 528 g/mol. The molecule has 4 aromatic rings. The third kappa shape index (κ3) is 6.53. The summed E-state index contributed by atoms with van der Waals surface area (Å²) in [5, 5.41) is 24.1. The number of hydrogen-bond acceptors (Lipinski definition) is 9. The largest absolute Gasteiger partial charge is 0.497 e. The Labute approximate surface area is 236 Å². The van der Waals surface area contributed by atoms with Crippen molar-refractivity contribution < 1.29 is 29.0 Å². The van der Waals surface area contributed by atoms with Crippen LogP contribution in [0.15, 0.2) is 78.9 Å². The first kappa shape index (κ1) is 27.4. The van der Waals surface area contributed by atoms with Gasteiger partial charge in [0.2, 0.25) is 5.88 Å². The van der Waals surface area contributed by atoms with E-state index in [1.807, 2.05) is 54.6 Å². The average Bonchev–Trinajstić information content (AvgIpc) is 3.01. The van der Waals surface area contributed by atoms with E-state index in [0.29, 0.717) is 55.7 Å². The summed E-state index contributed by atoms with van der Waals surface area (Å²) in [7, 11) is 1.62. The zero-order chi connectivity index (χ0) is 28.8. The number of morpholine rings is 1. The quantitative estimate of drug-likeness (QED) is 0.190. The first-order valence-corrected chi connectivity index (χ1v) is 12.9. The fraction of sp³-hybridized carbons (Fsp3) is 0.200. The number of nitrogens with zero attached hydrogens (tertiary/aromatic N) is 3. The SMILES string of the molecule is COc1ccc(COc2cc(N3CCOCC3)cc(-c3ccccc3Nc3ccc([N+](=O)[O-])cc3C(=O)O)n2)cc1. The molecule has 0 unspecified atom stereocenters. The Kier molecular flexibility index (Phi) is 8.26. The lowest BCUT2D eigenvalue weighted by molar-refractivity contribution is -0.384. The van der Waals surface area contributed by atoms with E-state index in [4.69, 9.17) is 19.2 Å². The number of pyridine rings is 1. The Hall–Kier alpha value is -5.16. The monoisotopic (exact) mass is 556 g/mol. The maximum Gasteiger partial charge on any atom is 0.338 e. The molecule has 1 saturated heterocycles. The maximum absolute atomic E-state index is 11.9. The second-order valence-electron chi connectivity index (χ2n) is 9.25. The summed E-state index contributed by atoms with van der Waals surface area (Å²) in [6.07, 6.45) is 0. The topological polar surface area (TPSA) is 136 Å². The van der Waals surface area contributed by atoms with Gasteiger partial charge in [-0.15, -0.1) is 0 Å². The Morgan fingerprint density at radius 2 is 1.80 bits per heavy atom. The zero-order valence-corrected chi connectivity index (χ0v) is 22.3. The first-order chi connectivity index (χ1) is 19.9. The van der Waals surface area contributed by atoms with Crippen LogP contribution in [0.5, 0.6) is 11.6 Å². The van der Waals surface area contributed by atoms with Crippen LogP contribution >= 0.6 is 0 Å². The molecule has 0 amide bonds. The lowest BCUT2D eigenvalue weighted by atomic mass is 10.1. The highest BCUT2D eigenvalue weighted by Crippen LogP contribution is 2.35. The van der Waals surface area contributed by atoms with Crippen molar-refractivity contribution in [2.24, 2.45) is 0 Å². The van der Waals surface area contributed by atoms with Crippen molar-refractivity contribution in [2.45, 2.75) is 6.61 Å². The van der Waals surface area contributed by atoms with Crippen LogP contribution in [0, 0.1) is 10.1 Å². The molecule has 0 atom stereocenters. The fourth-order valence-corrected chi connectivity index (χ4v) is 4.48. The number of carboxylic acid groups (broad SMARTS) is 1. The van der Waals surface area contributed by atoms with E-state index < -0.39 is 10.9 Å². The van der Waals surface area contributed by atoms with Crippen LogP contribution in [-0.4, -0.2) is 54.4 Å². The van der Waals surface area contributed by atoms with E-state index in [1.165, 1.54) is 12.1 Å². The van der Waals surface area contributed by atoms with Crippen LogP contribution in [0.1, 0.15) is 15.9 Å². The highest BCUT2D eigenvalue weighted by molar-refractivity contribution is 5.97. The van der Waals surface area contributed by atoms with Gasteiger partial charge in [0.05, 0.1) is 42.2 Å². The molecule has 1 aromatic heterocycles. The molecule has 1 aliphatic rings. The smallest absolute Gasteiger partial charge is 0.338 e. The predicted octanol–water partition coefficient (Wildman–Crippen LogP) is 5.52. The molecule has 1 fully saturated rings. The number of benzene rings is 3. The number of carboxylic acids is 1. The minimum absolute atomic E-state index is 0.215. The summed E-state index contributed by atoms with van der Waals surface area (Å²) < 4.78 is 16.9. The van der Waals surface area contributed by atoms with Gasteiger partial charge >= 0.3 is 5.97 Å². The van der Waals surface area contributed by atoms with Crippen molar-refractivity contribution in [2.75, 3.05) is 43.6 Å². The number of nitro benzene ring substituents is 1. The van der Waals surface area contributed by atoms with Crippen LogP contribution in [0.2, 0.25) is 0 Å². The third-order valence-electron chi connectivity index (χ3n) is 6.63. The molecule has 0 saturated carbocycles. The predicted molar refractivity (Wildman–Crippen MR) is 153 cm³/mol. The molecule has 210 valence electrons. The number of nitrogens with one attached hydrogen (secondary N) is 1. The number of rotatable bonds is 10. The molecule has 11 nitrogen and oxygen atoms in total. The highest BCUT2D eigenvalue weighted by atomic mass is 16.6. The van der Waals surface area contributed by atoms with E-state index in [0.717, 1.165) is 23.1 Å². The summed E-state index contributed by atoms with van der Waals surface area (Å²) >= 11 is 0. The number of ether oxygens (including phenoxy) is 3. The van der Waals surface area contributed by atoms with Crippen molar-refractivity contribution in [3.8, 4) is 22.9 Å². The first-order valence-electron chi connectivity index (χ1n) is 12.9. The summed E-state index contributed by atoms with van der Waals surface area (Å²) in [4.78, 5) is 29.5. The number of aromatic carboxylic acids is 1. The van der Waals surface area contributed by atoms with Crippen molar-refractivity contribution >= 4 is 28.7 Å². The molecule has 1 aliphatic heterocycles. The zero-order valence-electron chi connectivity index (χ0n) is 22.3. The molecule has 5 rings (SSSR count). The van der Waals surface area contributed by atoms with E-state index in [9.17, 15) is 20.0 Å². The Morgan fingerprint density at radius 1 is 1.05 bits per heavy atom. The number of carbonyl (C=O) groups is 1. The molecule has 11 heteroatoms. The minimum Gasteiger partial charge on any atom is -0.497 e. The fourth-order valence-electron chi connectivity index (χ4n) is 4.48. The molecule has 0 aliphatic carbocycles. The van der Waals surface area contributed by atoms with Crippen molar-refractivity contribution in [3.05, 3.63) is 100 Å². The number of aromatic nitrogens is 1. The van der Waals surface area contributed by atoms with Crippen LogP contribution in [0.4, 0.5) is 22.7 Å². The van der Waals surface area contributed by atoms with Gasteiger partial charge in [0.15, 0.2) is 0 Å². The second kappa shape index (κ2) is 12.3. The Bertz CT molecular complexity index is 1550. The van der Waals surface area contributed by atoms with Gasteiger partial charge in [-0.2, -0.15) is 0 Å². The lowest BCUT2D eigenvalue weighted by Gasteiger charge is -2.29. The summed E-state index contributed by atoms with van der Waals surface area (Å²) in [5.41, 5.74) is 3.46. The van der Waals surface area contributed by atoms with Gasteiger partial charge in [-0.05, 0) is 35.9 Å². The third-order valence-corrected chi connectivity index (χ3v) is 6.63. The number of para-hydroxylation sites is 1. The van der Waals surface area contributed by atoms with Gasteiger partial charge in [0.25, 0.3) is 5.69 Å². The van der Waals surface area contributed by atoms with Crippen LogP contribution in [0.25, 0.3) is 11.3 Å². The number of hydrogen-bond donors (Lipinski definition) is 2. The Morgan fingerprint density at radius 3 is 2.51 bits per heavy atom. The molecule has 0 bridgehead atoms. The summed E-state index contributed by atoms with van der Waals surface area (Å²) in [6, 6.07) is 22.5. The molecule has 41 heavy (non-hydrogen) atoms. The normalized spacial score (nSPS) is 13.0. The highest BCUT2D eigenvalue weighted by Gasteiger charge is 2.19. The van der Waals surface area contributed by atoms with Crippen LogP contribution in [0.3, 0.4) is 0 Å². The molecular formula is C30H28N4O7. The molecule has 0 spiro atoms. The average molecular weight is 557 g/mol. The minimum atomic E-state index is -1.28. The molecule has 2 N–H and O–H groups in total. The number of nitro groups is 1. The maximum atomic E-state index is 11.9. The van der Waals surface area contributed by atoms with Gasteiger partial charge in [0, 0.05) is 48.2 Å². The van der Waals surface area contributed by atoms with Gasteiger partial charge in [-0.3, -0.25) is 10.1 Å². The van der Waals surface area contributed by atoms with E-state index in [-0.39, 0.29) is 16.9 Å². The van der Waals surface area contributed by atoms with Crippen LogP contribution in [-0.2, 0) is 11.3 Å². The van der Waals surface area contributed by atoms with Crippen LogP contribution < -0.4 is 19.7 Å². The number of methoxy groups -OCH3 is 1. The van der Waals surface area contributed by atoms with Crippen molar-refractivity contribution in [1.29, 1.82) is 0 Å². The second-order valence-corrected chi connectivity index (χ2v) is 9.25. The van der Waals surface area contributed by atoms with Gasteiger partial charge in [-0.25, -0.2) is 9.78 Å². The molecule has 2 heterocycles. The van der Waals surface area contributed by atoms with Gasteiger partial charge < -0.3 is 29.5 Å². The van der Waals surface area contributed by atoms with Crippen molar-refractivity contribution in [1.82, 2.24) is 4.98 Å². The molecule has 3 aromatic carbocycles. The van der Waals surface area contributed by atoms with Crippen molar-refractivity contribution in [3.63, 3.8) is 0 Å².